The lowest BCUT2D eigenvalue weighted by Crippen LogP contribution is -2.48. The summed E-state index contributed by atoms with van der Waals surface area (Å²) in [5, 5.41) is 10.2. The summed E-state index contributed by atoms with van der Waals surface area (Å²) >= 11 is 0. The second-order valence-electron chi connectivity index (χ2n) is 6.20. The van der Waals surface area contributed by atoms with Crippen LogP contribution in [0.4, 0.5) is 0 Å². The van der Waals surface area contributed by atoms with Gasteiger partial charge in [0.2, 0.25) is 10.0 Å². The van der Waals surface area contributed by atoms with Crippen LogP contribution in [0.5, 0.6) is 0 Å². The average molecular weight is 297 g/mol. The maximum absolute atomic E-state index is 12.9. The number of aryl methyl sites for hydroxylation is 2. The van der Waals surface area contributed by atoms with Gasteiger partial charge in [0, 0.05) is 6.54 Å². The van der Waals surface area contributed by atoms with Crippen molar-refractivity contribution in [2.75, 3.05) is 6.54 Å². The Kier molecular flexibility index (Phi) is 3.97. The van der Waals surface area contributed by atoms with Crippen LogP contribution in [-0.4, -0.2) is 36.0 Å². The smallest absolute Gasteiger partial charge is 0.243 e. The number of hydrogen-bond donors (Lipinski definition) is 1. The third-order valence-corrected chi connectivity index (χ3v) is 6.00. The van der Waals surface area contributed by atoms with Crippen LogP contribution >= 0.6 is 0 Å². The van der Waals surface area contributed by atoms with E-state index >= 15 is 0 Å². The summed E-state index contributed by atoms with van der Waals surface area (Å²) in [6, 6.07) is 5.10. The highest BCUT2D eigenvalue weighted by atomic mass is 32.2. The van der Waals surface area contributed by atoms with Gasteiger partial charge >= 0.3 is 0 Å². The number of aliphatic hydroxyl groups is 1. The minimum Gasteiger partial charge on any atom is -0.389 e. The van der Waals surface area contributed by atoms with Gasteiger partial charge in [0.1, 0.15) is 0 Å². The van der Waals surface area contributed by atoms with Crippen molar-refractivity contribution >= 4 is 10.0 Å². The van der Waals surface area contributed by atoms with Crippen LogP contribution < -0.4 is 0 Å². The molecule has 0 saturated carbocycles. The first-order chi connectivity index (χ1) is 9.14. The van der Waals surface area contributed by atoms with Gasteiger partial charge in [0.25, 0.3) is 0 Å². The third-order valence-electron chi connectivity index (χ3n) is 3.95. The van der Waals surface area contributed by atoms with Gasteiger partial charge in [-0.05, 0) is 57.7 Å². The van der Waals surface area contributed by atoms with Crippen LogP contribution in [0.3, 0.4) is 0 Å². The van der Waals surface area contributed by atoms with E-state index in [-0.39, 0.29) is 6.04 Å². The number of rotatable bonds is 3. The highest BCUT2D eigenvalue weighted by Gasteiger charge is 2.42. The van der Waals surface area contributed by atoms with Gasteiger partial charge < -0.3 is 5.11 Å². The van der Waals surface area contributed by atoms with Crippen molar-refractivity contribution in [3.63, 3.8) is 0 Å². The van der Waals surface area contributed by atoms with Gasteiger partial charge in [0.05, 0.1) is 16.5 Å². The molecule has 0 bridgehead atoms. The zero-order valence-corrected chi connectivity index (χ0v) is 13.4. The second-order valence-corrected chi connectivity index (χ2v) is 8.06. The Morgan fingerprint density at radius 2 is 1.95 bits per heavy atom. The molecule has 5 heteroatoms. The Morgan fingerprint density at radius 1 is 1.30 bits per heavy atom. The Balaban J connectivity index is 2.47. The van der Waals surface area contributed by atoms with Gasteiger partial charge in [-0.25, -0.2) is 8.42 Å². The molecule has 4 nitrogen and oxygen atoms in total. The van der Waals surface area contributed by atoms with Crippen LogP contribution in [0, 0.1) is 13.8 Å². The topological polar surface area (TPSA) is 57.6 Å². The maximum atomic E-state index is 12.9. The van der Waals surface area contributed by atoms with Crippen molar-refractivity contribution < 1.29 is 13.5 Å². The van der Waals surface area contributed by atoms with Gasteiger partial charge in [-0.3, -0.25) is 0 Å². The monoisotopic (exact) mass is 297 g/mol. The van der Waals surface area contributed by atoms with E-state index in [0.29, 0.717) is 17.9 Å². The van der Waals surface area contributed by atoms with E-state index in [1.165, 1.54) is 4.31 Å². The van der Waals surface area contributed by atoms with Gasteiger partial charge in [0.15, 0.2) is 0 Å². The van der Waals surface area contributed by atoms with Crippen molar-refractivity contribution in [3.8, 4) is 0 Å². The number of sulfonamides is 1. The molecule has 0 aliphatic carbocycles. The van der Waals surface area contributed by atoms with Crippen molar-refractivity contribution in [2.45, 2.75) is 57.1 Å². The zero-order chi connectivity index (χ0) is 15.1. The molecule has 20 heavy (non-hydrogen) atoms. The Hall–Kier alpha value is -0.910. The molecule has 1 aromatic carbocycles. The Labute approximate surface area is 121 Å². The molecule has 1 N–H and O–H groups in total. The minimum absolute atomic E-state index is 0.354. The second kappa shape index (κ2) is 5.13. The largest absolute Gasteiger partial charge is 0.389 e. The van der Waals surface area contributed by atoms with E-state index in [1.807, 2.05) is 26.0 Å². The number of benzene rings is 1. The first-order valence-electron chi connectivity index (χ1n) is 6.95. The Morgan fingerprint density at radius 3 is 2.55 bits per heavy atom. The lowest BCUT2D eigenvalue weighted by Gasteiger charge is -2.33. The molecule has 1 saturated heterocycles. The minimum atomic E-state index is -3.55. The van der Waals surface area contributed by atoms with Gasteiger partial charge in [-0.2, -0.15) is 4.31 Å². The molecule has 1 aliphatic rings. The normalized spacial score (nSPS) is 21.4. The molecular formula is C15H23NO3S. The fourth-order valence-corrected chi connectivity index (χ4v) is 4.98. The quantitative estimate of drug-likeness (QED) is 0.930. The van der Waals surface area contributed by atoms with Gasteiger partial charge in [-0.1, -0.05) is 12.1 Å². The first kappa shape index (κ1) is 15.5. The molecule has 1 heterocycles. The Bertz CT molecular complexity index is 602. The fourth-order valence-electron chi connectivity index (χ4n) is 2.85. The SMILES string of the molecule is Cc1ccc(C)c(S(=O)(=O)N2CCCC2C(C)(C)O)c1. The van der Waals surface area contributed by atoms with Crippen molar-refractivity contribution in [1.29, 1.82) is 0 Å². The molecule has 0 amide bonds. The van der Waals surface area contributed by atoms with Crippen LogP contribution in [0.2, 0.25) is 0 Å². The molecule has 0 spiro atoms. The summed E-state index contributed by atoms with van der Waals surface area (Å²) < 4.78 is 27.2. The molecule has 0 radical (unpaired) electrons. The van der Waals surface area contributed by atoms with E-state index in [4.69, 9.17) is 0 Å². The molecule has 0 aromatic heterocycles. The van der Waals surface area contributed by atoms with Gasteiger partial charge in [-0.15, -0.1) is 0 Å². The highest BCUT2D eigenvalue weighted by Crippen LogP contribution is 2.33. The predicted octanol–water partition coefficient (Wildman–Crippen LogP) is 2.23. The average Bonchev–Trinajstić information content (AvgIpc) is 2.81. The highest BCUT2D eigenvalue weighted by molar-refractivity contribution is 7.89. The summed E-state index contributed by atoms with van der Waals surface area (Å²) in [6.07, 6.45) is 1.49. The number of hydrogen-bond acceptors (Lipinski definition) is 3. The predicted molar refractivity (Wildman–Crippen MR) is 79.1 cm³/mol. The fraction of sp³-hybridized carbons (Fsp3) is 0.600. The van der Waals surface area contributed by atoms with E-state index < -0.39 is 15.6 Å². The summed E-state index contributed by atoms with van der Waals surface area (Å²) in [6.45, 7) is 7.52. The molecule has 1 aromatic rings. The standard InChI is InChI=1S/C15H23NO3S/c1-11-7-8-12(2)13(10-11)20(18,19)16-9-5-6-14(16)15(3,4)17/h7-8,10,14,17H,5-6,9H2,1-4H3. The lowest BCUT2D eigenvalue weighted by molar-refractivity contribution is 0.0215. The first-order valence-corrected chi connectivity index (χ1v) is 8.39. The summed E-state index contributed by atoms with van der Waals surface area (Å²) in [7, 11) is -3.55. The molecule has 1 fully saturated rings. The van der Waals surface area contributed by atoms with E-state index in [9.17, 15) is 13.5 Å². The molecule has 1 aliphatic heterocycles. The number of nitrogens with zero attached hydrogens (tertiary/aromatic N) is 1. The van der Waals surface area contributed by atoms with Crippen LogP contribution in [0.1, 0.15) is 37.8 Å². The maximum Gasteiger partial charge on any atom is 0.243 e. The summed E-state index contributed by atoms with van der Waals surface area (Å²) in [5.41, 5.74) is 0.645. The van der Waals surface area contributed by atoms with Crippen LogP contribution in [0.25, 0.3) is 0 Å². The summed E-state index contributed by atoms with van der Waals surface area (Å²) in [4.78, 5) is 0.355. The van der Waals surface area contributed by atoms with E-state index in [2.05, 4.69) is 0 Å². The lowest BCUT2D eigenvalue weighted by atomic mass is 9.98. The molecule has 2 rings (SSSR count). The van der Waals surface area contributed by atoms with Crippen molar-refractivity contribution in [2.24, 2.45) is 0 Å². The van der Waals surface area contributed by atoms with Crippen molar-refractivity contribution in [1.82, 2.24) is 4.31 Å². The van der Waals surface area contributed by atoms with Crippen LogP contribution in [0.15, 0.2) is 23.1 Å². The summed E-state index contributed by atoms with van der Waals surface area (Å²) in [5.74, 6) is 0. The molecule has 1 unspecified atom stereocenters. The molecular weight excluding hydrogens is 274 g/mol. The zero-order valence-electron chi connectivity index (χ0n) is 12.5. The van der Waals surface area contributed by atoms with Crippen molar-refractivity contribution in [3.05, 3.63) is 29.3 Å². The molecule has 1 atom stereocenters. The third kappa shape index (κ3) is 2.75. The van der Waals surface area contributed by atoms with E-state index in [0.717, 1.165) is 17.5 Å². The van der Waals surface area contributed by atoms with E-state index in [1.54, 1.807) is 19.9 Å². The van der Waals surface area contributed by atoms with Crippen LogP contribution in [-0.2, 0) is 10.0 Å². The molecule has 112 valence electrons.